The van der Waals surface area contributed by atoms with Crippen LogP contribution in [0.25, 0.3) is 4.91 Å². The molecule has 0 bridgehead atoms. The van der Waals surface area contributed by atoms with Gasteiger partial charge in [-0.1, -0.05) is 71.9 Å². The molecule has 0 aliphatic rings. The van der Waals surface area contributed by atoms with Gasteiger partial charge in [0.05, 0.1) is 10.3 Å². The van der Waals surface area contributed by atoms with E-state index in [1.165, 1.54) is 17.2 Å². The molecule has 0 spiro atoms. The summed E-state index contributed by atoms with van der Waals surface area (Å²) < 4.78 is 25.5. The highest BCUT2D eigenvalue weighted by atomic mass is 35.5. The van der Waals surface area contributed by atoms with Crippen LogP contribution in [0.5, 0.6) is 0 Å². The van der Waals surface area contributed by atoms with Crippen molar-refractivity contribution in [1.82, 2.24) is 0 Å². The summed E-state index contributed by atoms with van der Waals surface area (Å²) in [4.78, 5) is 1.88. The van der Waals surface area contributed by atoms with E-state index in [2.05, 4.69) is 0 Å². The van der Waals surface area contributed by atoms with E-state index in [-0.39, 0.29) is 4.90 Å². The summed E-state index contributed by atoms with van der Waals surface area (Å²) in [5.41, 5.74) is 0.803. The topological polar surface area (TPSA) is 34.1 Å². The molecule has 0 aromatic heterocycles. The van der Waals surface area contributed by atoms with Gasteiger partial charge in [0.15, 0.2) is 0 Å². The van der Waals surface area contributed by atoms with E-state index in [1.54, 1.807) is 42.5 Å². The number of sulfone groups is 1. The second kappa shape index (κ2) is 7.91. The summed E-state index contributed by atoms with van der Waals surface area (Å²) in [7, 11) is -3.55. The molecular formula is C20H15ClO2S2. The molecule has 0 saturated heterocycles. The number of hydrogen-bond donors (Lipinski definition) is 0. The minimum absolute atomic E-state index is 0.273. The van der Waals surface area contributed by atoms with Crippen molar-refractivity contribution >= 4 is 38.1 Å². The molecular weight excluding hydrogens is 372 g/mol. The van der Waals surface area contributed by atoms with Gasteiger partial charge in [-0.3, -0.25) is 0 Å². The van der Waals surface area contributed by atoms with E-state index in [0.29, 0.717) is 9.93 Å². The van der Waals surface area contributed by atoms with Gasteiger partial charge in [0.25, 0.3) is 0 Å². The van der Waals surface area contributed by atoms with Crippen molar-refractivity contribution in [1.29, 1.82) is 0 Å². The molecule has 0 fully saturated rings. The molecule has 3 aromatic rings. The van der Waals surface area contributed by atoms with Crippen LogP contribution in [0.2, 0.25) is 5.02 Å². The molecule has 0 heterocycles. The summed E-state index contributed by atoms with van der Waals surface area (Å²) >= 11 is 7.37. The first-order valence-corrected chi connectivity index (χ1v) is 10.3. The quantitative estimate of drug-likeness (QED) is 0.511. The zero-order valence-corrected chi connectivity index (χ0v) is 15.6. The van der Waals surface area contributed by atoms with Crippen LogP contribution in [0.1, 0.15) is 5.56 Å². The van der Waals surface area contributed by atoms with Crippen LogP contribution >= 0.6 is 23.4 Å². The molecule has 0 aliphatic heterocycles. The molecule has 25 heavy (non-hydrogen) atoms. The Hall–Kier alpha value is -2.01. The SMILES string of the molecule is O=S(=O)(/C=C(/Sc1ccccc1)c1ccc(Cl)cc1)c1ccccc1. The van der Waals surface area contributed by atoms with Gasteiger partial charge in [0.2, 0.25) is 9.84 Å². The lowest BCUT2D eigenvalue weighted by Gasteiger charge is -2.09. The smallest absolute Gasteiger partial charge is 0.200 e. The highest BCUT2D eigenvalue weighted by molar-refractivity contribution is 8.09. The monoisotopic (exact) mass is 386 g/mol. The fraction of sp³-hybridized carbons (Fsp3) is 0. The third-order valence-corrected chi connectivity index (χ3v) is 6.39. The van der Waals surface area contributed by atoms with Crippen molar-refractivity contribution in [3.8, 4) is 0 Å². The van der Waals surface area contributed by atoms with Gasteiger partial charge in [-0.25, -0.2) is 8.42 Å². The van der Waals surface area contributed by atoms with Crippen molar-refractivity contribution in [2.24, 2.45) is 0 Å². The molecule has 0 saturated carbocycles. The second-order valence-corrected chi connectivity index (χ2v) is 8.61. The third-order valence-electron chi connectivity index (χ3n) is 3.43. The average Bonchev–Trinajstić information content (AvgIpc) is 2.63. The number of thioether (sulfide) groups is 1. The summed E-state index contributed by atoms with van der Waals surface area (Å²) in [6.45, 7) is 0. The van der Waals surface area contributed by atoms with Crippen LogP contribution in [-0.2, 0) is 9.84 Å². The predicted molar refractivity (Wildman–Crippen MR) is 105 cm³/mol. The van der Waals surface area contributed by atoms with Crippen LogP contribution in [0.15, 0.2) is 100 Å². The Labute approximate surface area is 157 Å². The Morgan fingerprint density at radius 2 is 1.36 bits per heavy atom. The summed E-state index contributed by atoms with van der Waals surface area (Å²) in [6, 6.07) is 25.2. The molecule has 3 rings (SSSR count). The summed E-state index contributed by atoms with van der Waals surface area (Å²) in [5, 5.41) is 1.93. The highest BCUT2D eigenvalue weighted by Gasteiger charge is 2.14. The lowest BCUT2D eigenvalue weighted by Crippen LogP contribution is -1.97. The van der Waals surface area contributed by atoms with Crippen molar-refractivity contribution in [2.45, 2.75) is 9.79 Å². The largest absolute Gasteiger partial charge is 0.219 e. The number of hydrogen-bond acceptors (Lipinski definition) is 3. The van der Waals surface area contributed by atoms with Crippen molar-refractivity contribution in [3.05, 3.63) is 101 Å². The number of benzene rings is 3. The third kappa shape index (κ3) is 4.75. The highest BCUT2D eigenvalue weighted by Crippen LogP contribution is 2.36. The van der Waals surface area contributed by atoms with Crippen LogP contribution in [-0.4, -0.2) is 8.42 Å². The maximum Gasteiger partial charge on any atom is 0.200 e. The van der Waals surface area contributed by atoms with Gasteiger partial charge >= 0.3 is 0 Å². The minimum atomic E-state index is -3.55. The summed E-state index contributed by atoms with van der Waals surface area (Å²) in [5.74, 6) is 0. The minimum Gasteiger partial charge on any atom is -0.219 e. The van der Waals surface area contributed by atoms with Crippen LogP contribution in [0.4, 0.5) is 0 Å². The molecule has 0 atom stereocenters. The molecule has 126 valence electrons. The maximum absolute atomic E-state index is 12.8. The molecule has 2 nitrogen and oxygen atoms in total. The molecule has 5 heteroatoms. The Morgan fingerprint density at radius 3 is 1.96 bits per heavy atom. The first kappa shape index (κ1) is 17.8. The van der Waals surface area contributed by atoms with Crippen molar-refractivity contribution in [3.63, 3.8) is 0 Å². The maximum atomic E-state index is 12.8. The zero-order valence-electron chi connectivity index (χ0n) is 13.2. The average molecular weight is 387 g/mol. The van der Waals surface area contributed by atoms with E-state index in [0.717, 1.165) is 10.5 Å². The lowest BCUT2D eigenvalue weighted by molar-refractivity contribution is 0.605. The van der Waals surface area contributed by atoms with E-state index >= 15 is 0 Å². The predicted octanol–water partition coefficient (Wildman–Crippen LogP) is 5.90. The molecule has 0 aliphatic carbocycles. The van der Waals surface area contributed by atoms with E-state index in [9.17, 15) is 8.42 Å². The van der Waals surface area contributed by atoms with Crippen LogP contribution < -0.4 is 0 Å². The summed E-state index contributed by atoms with van der Waals surface area (Å²) in [6.07, 6.45) is 0. The van der Waals surface area contributed by atoms with Crippen molar-refractivity contribution in [2.75, 3.05) is 0 Å². The number of halogens is 1. The molecule has 0 amide bonds. The first-order chi connectivity index (χ1) is 12.0. The van der Waals surface area contributed by atoms with Crippen LogP contribution in [0, 0.1) is 0 Å². The Morgan fingerprint density at radius 1 is 0.800 bits per heavy atom. The van der Waals surface area contributed by atoms with Gasteiger partial charge in [-0.05, 0) is 42.0 Å². The van der Waals surface area contributed by atoms with Crippen LogP contribution in [0.3, 0.4) is 0 Å². The lowest BCUT2D eigenvalue weighted by atomic mass is 10.2. The fourth-order valence-corrected chi connectivity index (χ4v) is 4.79. The van der Waals surface area contributed by atoms with Gasteiger partial charge in [-0.2, -0.15) is 0 Å². The normalized spacial score (nSPS) is 12.1. The Bertz CT molecular complexity index is 965. The molecule has 0 radical (unpaired) electrons. The van der Waals surface area contributed by atoms with E-state index in [1.807, 2.05) is 42.5 Å². The van der Waals surface area contributed by atoms with Gasteiger partial charge in [0.1, 0.15) is 0 Å². The van der Waals surface area contributed by atoms with Gasteiger partial charge in [0, 0.05) is 14.8 Å². The molecule has 0 N–H and O–H groups in total. The molecule has 3 aromatic carbocycles. The van der Waals surface area contributed by atoms with Crippen molar-refractivity contribution < 1.29 is 8.42 Å². The first-order valence-electron chi connectivity index (χ1n) is 7.55. The Balaban J connectivity index is 2.05. The fourth-order valence-electron chi connectivity index (χ4n) is 2.20. The van der Waals surface area contributed by atoms with E-state index < -0.39 is 9.84 Å². The second-order valence-electron chi connectivity index (χ2n) is 5.26. The Kier molecular flexibility index (Phi) is 5.63. The van der Waals surface area contributed by atoms with Gasteiger partial charge < -0.3 is 0 Å². The standard InChI is InChI=1S/C20H15ClO2S2/c21-17-13-11-16(12-14-17)20(24-18-7-3-1-4-8-18)15-25(22,23)19-9-5-2-6-10-19/h1-15H/b20-15+. The molecule has 0 unspecified atom stereocenters. The zero-order chi connectivity index (χ0) is 17.7. The van der Waals surface area contributed by atoms with Gasteiger partial charge in [-0.15, -0.1) is 0 Å². The number of rotatable bonds is 5. The van der Waals surface area contributed by atoms with E-state index in [4.69, 9.17) is 11.6 Å².